The van der Waals surface area contributed by atoms with Crippen molar-refractivity contribution >= 4 is 27.5 Å². The van der Waals surface area contributed by atoms with Crippen LogP contribution in [0.25, 0.3) is 0 Å². The van der Waals surface area contributed by atoms with E-state index >= 15 is 0 Å². The van der Waals surface area contributed by atoms with Crippen LogP contribution in [-0.4, -0.2) is 13.6 Å². The Balaban J connectivity index is 2.14. The molecule has 0 bridgehead atoms. The van der Waals surface area contributed by atoms with Crippen LogP contribution in [0.3, 0.4) is 0 Å². The molecule has 0 amide bonds. The van der Waals surface area contributed by atoms with E-state index in [2.05, 4.69) is 27.3 Å². The third-order valence-electron chi connectivity index (χ3n) is 2.75. The largest absolute Gasteiger partial charge is 0.319 e. The molecule has 76 valence electrons. The van der Waals surface area contributed by atoms with E-state index in [0.717, 1.165) is 17.5 Å². The van der Waals surface area contributed by atoms with Crippen molar-refractivity contribution in [3.8, 4) is 0 Å². The summed E-state index contributed by atoms with van der Waals surface area (Å²) in [6.07, 6.45) is 1.28. The molecule has 0 heterocycles. The molecule has 2 unspecified atom stereocenters. The second-order valence-corrected chi connectivity index (χ2v) is 5.12. The number of nitrogens with one attached hydrogen (secondary N) is 1. The Morgan fingerprint density at radius 3 is 3.07 bits per heavy atom. The summed E-state index contributed by atoms with van der Waals surface area (Å²) in [5.74, 6) is 1.48. The zero-order valence-electron chi connectivity index (χ0n) is 8.06. The van der Waals surface area contributed by atoms with E-state index in [4.69, 9.17) is 11.6 Å². The second kappa shape index (κ2) is 4.21. The van der Waals surface area contributed by atoms with Gasteiger partial charge < -0.3 is 5.32 Å². The van der Waals surface area contributed by atoms with Crippen molar-refractivity contribution in [2.45, 2.75) is 12.3 Å². The minimum atomic E-state index is 0.690. The first-order chi connectivity index (χ1) is 6.72. The minimum absolute atomic E-state index is 0.690. The lowest BCUT2D eigenvalue weighted by molar-refractivity contribution is 0.697. The van der Waals surface area contributed by atoms with E-state index in [-0.39, 0.29) is 0 Å². The fourth-order valence-corrected chi connectivity index (χ4v) is 2.64. The number of hydrogen-bond donors (Lipinski definition) is 1. The lowest BCUT2D eigenvalue weighted by Crippen LogP contribution is -2.10. The van der Waals surface area contributed by atoms with Gasteiger partial charge in [-0.3, -0.25) is 0 Å². The van der Waals surface area contributed by atoms with Crippen LogP contribution in [0.1, 0.15) is 17.9 Å². The quantitative estimate of drug-likeness (QED) is 0.890. The molecule has 1 saturated carbocycles. The predicted octanol–water partition coefficient (Wildman–Crippen LogP) is 3.43. The van der Waals surface area contributed by atoms with Gasteiger partial charge in [0.1, 0.15) is 0 Å². The molecule has 0 aliphatic heterocycles. The summed E-state index contributed by atoms with van der Waals surface area (Å²) in [4.78, 5) is 0. The summed E-state index contributed by atoms with van der Waals surface area (Å²) >= 11 is 9.55. The van der Waals surface area contributed by atoms with E-state index in [0.29, 0.717) is 5.92 Å². The predicted molar refractivity (Wildman–Crippen MR) is 63.9 cm³/mol. The minimum Gasteiger partial charge on any atom is -0.319 e. The Labute approximate surface area is 98.0 Å². The lowest BCUT2D eigenvalue weighted by atomic mass is 10.1. The highest BCUT2D eigenvalue weighted by atomic mass is 79.9. The van der Waals surface area contributed by atoms with Crippen LogP contribution in [0.2, 0.25) is 5.02 Å². The summed E-state index contributed by atoms with van der Waals surface area (Å²) in [5, 5.41) is 4.05. The van der Waals surface area contributed by atoms with Crippen molar-refractivity contribution in [1.82, 2.24) is 5.32 Å². The molecule has 0 radical (unpaired) electrons. The van der Waals surface area contributed by atoms with Gasteiger partial charge in [0.25, 0.3) is 0 Å². The molecule has 14 heavy (non-hydrogen) atoms. The highest BCUT2D eigenvalue weighted by Gasteiger charge is 2.38. The summed E-state index contributed by atoms with van der Waals surface area (Å²) in [6, 6.07) is 6.03. The van der Waals surface area contributed by atoms with Crippen LogP contribution in [0.4, 0.5) is 0 Å². The first-order valence-electron chi connectivity index (χ1n) is 4.82. The van der Waals surface area contributed by atoms with E-state index in [1.54, 1.807) is 0 Å². The first-order valence-corrected chi connectivity index (χ1v) is 5.99. The monoisotopic (exact) mass is 273 g/mol. The highest BCUT2D eigenvalue weighted by Crippen LogP contribution is 2.49. The molecule has 0 spiro atoms. The SMILES string of the molecule is CNCC1CC1c1cc(Cl)ccc1Br. The maximum Gasteiger partial charge on any atom is 0.0409 e. The van der Waals surface area contributed by atoms with E-state index in [9.17, 15) is 0 Å². The van der Waals surface area contributed by atoms with Crippen LogP contribution in [-0.2, 0) is 0 Å². The number of halogens is 2. The van der Waals surface area contributed by atoms with Crippen LogP contribution in [0.5, 0.6) is 0 Å². The van der Waals surface area contributed by atoms with Crippen molar-refractivity contribution < 1.29 is 0 Å². The van der Waals surface area contributed by atoms with Gasteiger partial charge >= 0.3 is 0 Å². The smallest absolute Gasteiger partial charge is 0.0409 e. The number of hydrogen-bond acceptors (Lipinski definition) is 1. The average Bonchev–Trinajstić information content (AvgIpc) is 2.89. The van der Waals surface area contributed by atoms with Gasteiger partial charge in [0.05, 0.1) is 0 Å². The molecule has 0 saturated heterocycles. The zero-order chi connectivity index (χ0) is 10.1. The maximum absolute atomic E-state index is 5.98. The molecule has 1 aromatic rings. The van der Waals surface area contributed by atoms with Crippen LogP contribution >= 0.6 is 27.5 Å². The van der Waals surface area contributed by atoms with Gasteiger partial charge in [-0.1, -0.05) is 27.5 Å². The molecule has 1 N–H and O–H groups in total. The molecular formula is C11H13BrClN. The number of benzene rings is 1. The van der Waals surface area contributed by atoms with Gasteiger partial charge in [-0.25, -0.2) is 0 Å². The van der Waals surface area contributed by atoms with Crippen molar-refractivity contribution in [2.24, 2.45) is 5.92 Å². The molecule has 1 nitrogen and oxygen atoms in total. The molecule has 2 atom stereocenters. The zero-order valence-corrected chi connectivity index (χ0v) is 10.4. The highest BCUT2D eigenvalue weighted by molar-refractivity contribution is 9.10. The Bertz CT molecular complexity index is 340. The normalized spacial score (nSPS) is 25.1. The molecule has 1 fully saturated rings. The summed E-state index contributed by atoms with van der Waals surface area (Å²) in [7, 11) is 2.00. The fraction of sp³-hybridized carbons (Fsp3) is 0.455. The third kappa shape index (κ3) is 2.13. The molecule has 1 aliphatic carbocycles. The fourth-order valence-electron chi connectivity index (χ4n) is 1.92. The summed E-state index contributed by atoms with van der Waals surface area (Å²) in [6.45, 7) is 1.10. The van der Waals surface area contributed by atoms with E-state index in [1.165, 1.54) is 16.5 Å². The Morgan fingerprint density at radius 2 is 2.36 bits per heavy atom. The Kier molecular flexibility index (Phi) is 3.15. The van der Waals surface area contributed by atoms with Gasteiger partial charge in [-0.05, 0) is 55.6 Å². The topological polar surface area (TPSA) is 12.0 Å². The molecule has 1 aliphatic rings. The third-order valence-corrected chi connectivity index (χ3v) is 3.70. The van der Waals surface area contributed by atoms with Crippen LogP contribution in [0, 0.1) is 5.92 Å². The first kappa shape index (κ1) is 10.5. The van der Waals surface area contributed by atoms with Gasteiger partial charge in [-0.15, -0.1) is 0 Å². The van der Waals surface area contributed by atoms with Gasteiger partial charge in [-0.2, -0.15) is 0 Å². The summed E-state index contributed by atoms with van der Waals surface area (Å²) in [5.41, 5.74) is 1.36. The maximum atomic E-state index is 5.98. The van der Waals surface area contributed by atoms with Gasteiger partial charge in [0, 0.05) is 9.50 Å². The number of rotatable bonds is 3. The molecule has 3 heteroatoms. The average molecular weight is 275 g/mol. The van der Waals surface area contributed by atoms with E-state index in [1.807, 2.05) is 19.2 Å². The molecule has 1 aromatic carbocycles. The van der Waals surface area contributed by atoms with Gasteiger partial charge in [0.2, 0.25) is 0 Å². The summed E-state index contributed by atoms with van der Waals surface area (Å²) < 4.78 is 1.19. The van der Waals surface area contributed by atoms with Crippen molar-refractivity contribution in [3.63, 3.8) is 0 Å². The second-order valence-electron chi connectivity index (χ2n) is 3.83. The van der Waals surface area contributed by atoms with Crippen LogP contribution < -0.4 is 5.32 Å². The molecule has 2 rings (SSSR count). The Morgan fingerprint density at radius 1 is 1.57 bits per heavy atom. The van der Waals surface area contributed by atoms with E-state index < -0.39 is 0 Å². The lowest BCUT2D eigenvalue weighted by Gasteiger charge is -2.04. The standard InChI is InChI=1S/C11H13BrClN/c1-14-6-7-4-9(7)10-5-8(13)2-3-11(10)12/h2-3,5,7,9,14H,4,6H2,1H3. The molecular weight excluding hydrogens is 261 g/mol. The van der Waals surface area contributed by atoms with Crippen LogP contribution in [0.15, 0.2) is 22.7 Å². The van der Waals surface area contributed by atoms with Crippen molar-refractivity contribution in [3.05, 3.63) is 33.3 Å². The van der Waals surface area contributed by atoms with Gasteiger partial charge in [0.15, 0.2) is 0 Å². The van der Waals surface area contributed by atoms with Crippen molar-refractivity contribution in [1.29, 1.82) is 0 Å². The van der Waals surface area contributed by atoms with Crippen molar-refractivity contribution in [2.75, 3.05) is 13.6 Å². The molecule has 0 aromatic heterocycles. The Hall–Kier alpha value is -0.0500.